The second kappa shape index (κ2) is 4.37. The molecule has 0 spiro atoms. The minimum atomic E-state index is -0.0811. The minimum absolute atomic E-state index is 0.0811. The average molecular weight is 283 g/mol. The Morgan fingerprint density at radius 1 is 1.29 bits per heavy atom. The zero-order valence-corrected chi connectivity index (χ0v) is 11.4. The molecule has 21 heavy (non-hydrogen) atoms. The first kappa shape index (κ1) is 12.0. The van der Waals surface area contributed by atoms with Crippen LogP contribution < -0.4 is 10.5 Å². The number of H-pyrrole nitrogens is 1. The van der Waals surface area contributed by atoms with E-state index in [4.69, 9.17) is 0 Å². The molecule has 3 aromatic rings. The van der Waals surface area contributed by atoms with Crippen LogP contribution in [0.4, 0.5) is 5.82 Å². The normalized spacial score (nSPS) is 14.4. The molecule has 4 heterocycles. The Balaban J connectivity index is 1.73. The Morgan fingerprint density at radius 3 is 3.10 bits per heavy atom. The lowest BCUT2D eigenvalue weighted by atomic mass is 10.1. The number of aryl methyl sites for hydroxylation is 1. The van der Waals surface area contributed by atoms with Crippen molar-refractivity contribution in [2.45, 2.75) is 19.9 Å². The maximum Gasteiger partial charge on any atom is 0.255 e. The number of nitrogens with one attached hydrogen (secondary N) is 1. The van der Waals surface area contributed by atoms with Gasteiger partial charge in [0.05, 0.1) is 24.1 Å². The van der Waals surface area contributed by atoms with E-state index in [0.717, 1.165) is 24.5 Å². The lowest BCUT2D eigenvalue weighted by molar-refractivity contribution is 0.670. The van der Waals surface area contributed by atoms with Crippen molar-refractivity contribution in [1.82, 2.24) is 29.8 Å². The van der Waals surface area contributed by atoms with E-state index in [1.54, 1.807) is 0 Å². The maximum absolute atomic E-state index is 11.9. The molecule has 1 N–H and O–H groups in total. The van der Waals surface area contributed by atoms with Gasteiger partial charge in [-0.2, -0.15) is 0 Å². The van der Waals surface area contributed by atoms with Gasteiger partial charge in [-0.05, 0) is 19.1 Å². The van der Waals surface area contributed by atoms with Gasteiger partial charge in [0.15, 0.2) is 11.5 Å². The molecule has 0 aliphatic carbocycles. The molecule has 8 heteroatoms. The van der Waals surface area contributed by atoms with Gasteiger partial charge in [0.1, 0.15) is 5.82 Å². The number of anilines is 1. The third-order valence-corrected chi connectivity index (χ3v) is 3.63. The highest BCUT2D eigenvalue weighted by Crippen LogP contribution is 2.19. The van der Waals surface area contributed by atoms with Crippen molar-refractivity contribution in [1.29, 1.82) is 0 Å². The quantitative estimate of drug-likeness (QED) is 0.680. The van der Waals surface area contributed by atoms with Gasteiger partial charge < -0.3 is 9.88 Å². The van der Waals surface area contributed by atoms with E-state index in [9.17, 15) is 4.79 Å². The van der Waals surface area contributed by atoms with Crippen LogP contribution in [-0.4, -0.2) is 36.3 Å². The molecule has 8 nitrogen and oxygen atoms in total. The first-order valence-corrected chi connectivity index (χ1v) is 6.72. The van der Waals surface area contributed by atoms with Crippen molar-refractivity contribution in [3.05, 3.63) is 45.9 Å². The highest BCUT2D eigenvalue weighted by Gasteiger charge is 2.21. The molecule has 0 saturated heterocycles. The molecule has 0 atom stereocenters. The number of hydrogen-bond donors (Lipinski definition) is 1. The third kappa shape index (κ3) is 1.95. The standard InChI is InChI=1S/C13H13N7O/c1-8-16-11-2-3-12(18-20(11)17-8)19-5-4-10-9(6-19)13(21)15-7-14-10/h2-3,7H,4-6H2,1H3,(H,14,15,21). The van der Waals surface area contributed by atoms with Crippen molar-refractivity contribution >= 4 is 11.5 Å². The molecule has 0 saturated carbocycles. The first-order chi connectivity index (χ1) is 10.2. The molecule has 0 radical (unpaired) electrons. The number of aromatic amines is 1. The first-order valence-electron chi connectivity index (χ1n) is 6.72. The van der Waals surface area contributed by atoms with E-state index in [-0.39, 0.29) is 5.56 Å². The Hall–Kier alpha value is -2.77. The van der Waals surface area contributed by atoms with Crippen molar-refractivity contribution in [3.63, 3.8) is 0 Å². The van der Waals surface area contributed by atoms with E-state index in [0.29, 0.717) is 23.6 Å². The predicted molar refractivity (Wildman–Crippen MR) is 75.1 cm³/mol. The van der Waals surface area contributed by atoms with Gasteiger partial charge in [-0.25, -0.2) is 9.97 Å². The van der Waals surface area contributed by atoms with Crippen LogP contribution in [0.2, 0.25) is 0 Å². The van der Waals surface area contributed by atoms with E-state index in [2.05, 4.69) is 30.0 Å². The van der Waals surface area contributed by atoms with Gasteiger partial charge in [-0.15, -0.1) is 14.8 Å². The zero-order valence-electron chi connectivity index (χ0n) is 11.4. The van der Waals surface area contributed by atoms with Gasteiger partial charge in [-0.1, -0.05) is 0 Å². The number of fused-ring (bicyclic) bond motifs is 2. The largest absolute Gasteiger partial charge is 0.350 e. The van der Waals surface area contributed by atoms with Gasteiger partial charge in [0, 0.05) is 13.0 Å². The fraction of sp³-hybridized carbons (Fsp3) is 0.308. The highest BCUT2D eigenvalue weighted by atomic mass is 16.1. The van der Waals surface area contributed by atoms with Crippen LogP contribution in [0.25, 0.3) is 5.65 Å². The summed E-state index contributed by atoms with van der Waals surface area (Å²) in [6, 6.07) is 3.78. The van der Waals surface area contributed by atoms with Crippen LogP contribution in [-0.2, 0) is 13.0 Å². The SMILES string of the molecule is Cc1nc2ccc(N3CCc4nc[nH]c(=O)c4C3)nn2n1. The summed E-state index contributed by atoms with van der Waals surface area (Å²) in [6.45, 7) is 3.11. The Kier molecular flexibility index (Phi) is 2.50. The van der Waals surface area contributed by atoms with Crippen molar-refractivity contribution < 1.29 is 0 Å². The monoisotopic (exact) mass is 283 g/mol. The fourth-order valence-electron chi connectivity index (χ4n) is 2.60. The maximum atomic E-state index is 11.9. The third-order valence-electron chi connectivity index (χ3n) is 3.63. The molecule has 0 aromatic carbocycles. The molecule has 1 aliphatic heterocycles. The fourth-order valence-corrected chi connectivity index (χ4v) is 2.60. The number of rotatable bonds is 1. The van der Waals surface area contributed by atoms with Crippen LogP contribution in [0.1, 0.15) is 17.1 Å². The van der Waals surface area contributed by atoms with Crippen LogP contribution in [0.15, 0.2) is 23.3 Å². The summed E-state index contributed by atoms with van der Waals surface area (Å²) in [5, 5.41) is 8.68. The van der Waals surface area contributed by atoms with Crippen LogP contribution in [0.3, 0.4) is 0 Å². The Bertz CT molecular complexity index is 882. The molecule has 4 rings (SSSR count). The summed E-state index contributed by atoms with van der Waals surface area (Å²) in [5.41, 5.74) is 2.21. The molecule has 106 valence electrons. The number of aromatic nitrogens is 6. The molecule has 3 aromatic heterocycles. The summed E-state index contributed by atoms with van der Waals surface area (Å²) < 4.78 is 1.52. The van der Waals surface area contributed by atoms with Crippen molar-refractivity contribution in [2.75, 3.05) is 11.4 Å². The summed E-state index contributed by atoms with van der Waals surface area (Å²) in [4.78, 5) is 25.0. The lowest BCUT2D eigenvalue weighted by Gasteiger charge is -2.27. The second-order valence-electron chi connectivity index (χ2n) is 5.03. The predicted octanol–water partition coefficient (Wildman–Crippen LogP) is 0.0787. The van der Waals surface area contributed by atoms with Crippen molar-refractivity contribution in [3.8, 4) is 0 Å². The molecular formula is C13H13N7O. The lowest BCUT2D eigenvalue weighted by Crippen LogP contribution is -2.36. The van der Waals surface area contributed by atoms with Crippen LogP contribution in [0.5, 0.6) is 0 Å². The van der Waals surface area contributed by atoms with E-state index >= 15 is 0 Å². The Morgan fingerprint density at radius 2 is 2.19 bits per heavy atom. The second-order valence-corrected chi connectivity index (χ2v) is 5.03. The molecule has 0 amide bonds. The summed E-state index contributed by atoms with van der Waals surface area (Å²) in [7, 11) is 0. The zero-order chi connectivity index (χ0) is 14.4. The van der Waals surface area contributed by atoms with Gasteiger partial charge >= 0.3 is 0 Å². The summed E-state index contributed by atoms with van der Waals surface area (Å²) >= 11 is 0. The van der Waals surface area contributed by atoms with E-state index < -0.39 is 0 Å². The van der Waals surface area contributed by atoms with E-state index in [1.807, 2.05) is 19.1 Å². The van der Waals surface area contributed by atoms with Crippen LogP contribution >= 0.6 is 0 Å². The Labute approximate surface area is 119 Å². The molecular weight excluding hydrogens is 270 g/mol. The molecule has 1 aliphatic rings. The van der Waals surface area contributed by atoms with Crippen molar-refractivity contribution in [2.24, 2.45) is 0 Å². The van der Waals surface area contributed by atoms with Gasteiger partial charge in [-0.3, -0.25) is 4.79 Å². The summed E-state index contributed by atoms with van der Waals surface area (Å²) in [6.07, 6.45) is 2.19. The number of nitrogens with zero attached hydrogens (tertiary/aromatic N) is 6. The molecule has 0 unspecified atom stereocenters. The highest BCUT2D eigenvalue weighted by molar-refractivity contribution is 5.47. The number of hydrogen-bond acceptors (Lipinski definition) is 6. The van der Waals surface area contributed by atoms with Crippen LogP contribution in [0, 0.1) is 6.92 Å². The smallest absolute Gasteiger partial charge is 0.255 e. The average Bonchev–Trinajstić information content (AvgIpc) is 2.86. The van der Waals surface area contributed by atoms with E-state index in [1.165, 1.54) is 11.0 Å². The summed E-state index contributed by atoms with van der Waals surface area (Å²) in [5.74, 6) is 1.46. The van der Waals surface area contributed by atoms with Gasteiger partial charge in [0.25, 0.3) is 5.56 Å². The van der Waals surface area contributed by atoms with Gasteiger partial charge in [0.2, 0.25) is 0 Å². The molecule has 0 fully saturated rings. The minimum Gasteiger partial charge on any atom is -0.350 e. The molecule has 0 bridgehead atoms. The topological polar surface area (TPSA) is 92.1 Å².